The molecule has 128 valence electrons. The summed E-state index contributed by atoms with van der Waals surface area (Å²) < 4.78 is 0. The maximum atomic E-state index is 11.9. The first kappa shape index (κ1) is 17.2. The van der Waals surface area contributed by atoms with Crippen LogP contribution in [0.25, 0.3) is 0 Å². The van der Waals surface area contributed by atoms with Crippen LogP contribution in [-0.4, -0.2) is 37.0 Å². The molecule has 3 nitrogen and oxygen atoms in total. The zero-order valence-corrected chi connectivity index (χ0v) is 14.9. The Morgan fingerprint density at radius 1 is 1.12 bits per heavy atom. The Morgan fingerprint density at radius 2 is 1.92 bits per heavy atom. The van der Waals surface area contributed by atoms with Crippen molar-refractivity contribution in [3.63, 3.8) is 0 Å². The fourth-order valence-corrected chi connectivity index (χ4v) is 3.98. The van der Waals surface area contributed by atoms with Crippen molar-refractivity contribution in [2.75, 3.05) is 26.2 Å². The Hall–Kier alpha value is -1.65. The summed E-state index contributed by atoms with van der Waals surface area (Å²) in [4.78, 5) is 15.2. The number of piperidine rings is 1. The number of likely N-dealkylation sites (tertiary alicyclic amines) is 1. The predicted molar refractivity (Wildman–Crippen MR) is 101 cm³/mol. The molecule has 1 amide bonds. The highest BCUT2D eigenvalue weighted by molar-refractivity contribution is 7.12. The van der Waals surface area contributed by atoms with Crippen LogP contribution in [-0.2, 0) is 6.42 Å². The molecule has 1 aromatic carbocycles. The van der Waals surface area contributed by atoms with Crippen LogP contribution in [0.2, 0.25) is 0 Å². The topological polar surface area (TPSA) is 32.3 Å². The molecule has 0 aliphatic carbocycles. The minimum atomic E-state index is 0.0581. The van der Waals surface area contributed by atoms with Crippen molar-refractivity contribution in [2.24, 2.45) is 5.92 Å². The van der Waals surface area contributed by atoms with E-state index < -0.39 is 0 Å². The van der Waals surface area contributed by atoms with E-state index in [0.29, 0.717) is 0 Å². The van der Waals surface area contributed by atoms with Crippen molar-refractivity contribution in [1.82, 2.24) is 10.2 Å². The Labute approximate surface area is 148 Å². The molecule has 0 bridgehead atoms. The first-order chi connectivity index (χ1) is 11.8. The van der Waals surface area contributed by atoms with Gasteiger partial charge in [0.25, 0.3) is 5.91 Å². The quantitative estimate of drug-likeness (QED) is 0.829. The van der Waals surface area contributed by atoms with Crippen molar-refractivity contribution in [3.05, 3.63) is 58.3 Å². The second kappa shape index (κ2) is 9.00. The summed E-state index contributed by atoms with van der Waals surface area (Å²) in [5, 5.41) is 4.96. The molecule has 4 heteroatoms. The van der Waals surface area contributed by atoms with Crippen LogP contribution in [0.1, 0.15) is 34.5 Å². The molecule has 1 saturated heterocycles. The van der Waals surface area contributed by atoms with E-state index in [1.807, 2.05) is 17.5 Å². The summed E-state index contributed by atoms with van der Waals surface area (Å²) in [6.45, 7) is 4.02. The Morgan fingerprint density at radius 3 is 2.62 bits per heavy atom. The van der Waals surface area contributed by atoms with Crippen LogP contribution in [0.4, 0.5) is 0 Å². The van der Waals surface area contributed by atoms with E-state index in [-0.39, 0.29) is 5.91 Å². The molecule has 3 rings (SSSR count). The van der Waals surface area contributed by atoms with E-state index in [1.165, 1.54) is 42.6 Å². The third kappa shape index (κ3) is 5.18. The zero-order valence-electron chi connectivity index (χ0n) is 14.1. The summed E-state index contributed by atoms with van der Waals surface area (Å²) in [7, 11) is 0. The van der Waals surface area contributed by atoms with Gasteiger partial charge in [-0.25, -0.2) is 0 Å². The molecule has 2 aromatic rings. The van der Waals surface area contributed by atoms with Crippen molar-refractivity contribution in [3.8, 4) is 0 Å². The molecule has 0 spiro atoms. The maximum Gasteiger partial charge on any atom is 0.261 e. The van der Waals surface area contributed by atoms with Crippen LogP contribution in [0.5, 0.6) is 0 Å². The molecule has 0 radical (unpaired) electrons. The zero-order chi connectivity index (χ0) is 16.6. The van der Waals surface area contributed by atoms with Crippen molar-refractivity contribution < 1.29 is 4.79 Å². The lowest BCUT2D eigenvalue weighted by atomic mass is 9.90. The number of carbonyl (C=O) groups excluding carboxylic acids is 1. The van der Waals surface area contributed by atoms with Gasteiger partial charge in [-0.05, 0) is 61.7 Å². The van der Waals surface area contributed by atoms with Crippen LogP contribution >= 0.6 is 11.3 Å². The average molecular weight is 343 g/mol. The second-order valence-electron chi connectivity index (χ2n) is 6.54. The second-order valence-corrected chi connectivity index (χ2v) is 7.49. The SMILES string of the molecule is O=C(NCCN1CCC(CCc2ccccc2)CC1)c1cccs1. The van der Waals surface area contributed by atoms with Gasteiger partial charge in [-0.3, -0.25) is 4.79 Å². The van der Waals surface area contributed by atoms with E-state index in [1.54, 1.807) is 0 Å². The molecule has 2 heterocycles. The van der Waals surface area contributed by atoms with Gasteiger partial charge in [0.15, 0.2) is 0 Å². The maximum absolute atomic E-state index is 11.9. The number of thiophene rings is 1. The number of rotatable bonds is 7. The standard InChI is InChI=1S/C20H26N2OS/c23-20(19-7-4-16-24-19)21-12-15-22-13-10-18(11-14-22)9-8-17-5-2-1-3-6-17/h1-7,16,18H,8-15H2,(H,21,23). The molecule has 1 aliphatic rings. The number of carbonyl (C=O) groups is 1. The van der Waals surface area contributed by atoms with E-state index in [4.69, 9.17) is 0 Å². The monoisotopic (exact) mass is 342 g/mol. The molecule has 24 heavy (non-hydrogen) atoms. The van der Waals surface area contributed by atoms with Gasteiger partial charge in [0, 0.05) is 13.1 Å². The highest BCUT2D eigenvalue weighted by atomic mass is 32.1. The lowest BCUT2D eigenvalue weighted by Gasteiger charge is -2.32. The third-order valence-electron chi connectivity index (χ3n) is 4.85. The van der Waals surface area contributed by atoms with Gasteiger partial charge in [-0.15, -0.1) is 11.3 Å². The van der Waals surface area contributed by atoms with E-state index >= 15 is 0 Å². The summed E-state index contributed by atoms with van der Waals surface area (Å²) in [6.07, 6.45) is 5.06. The van der Waals surface area contributed by atoms with E-state index in [9.17, 15) is 4.79 Å². The molecule has 1 aliphatic heterocycles. The number of amides is 1. The summed E-state index contributed by atoms with van der Waals surface area (Å²) in [6, 6.07) is 14.6. The number of benzene rings is 1. The Balaban J connectivity index is 1.30. The van der Waals surface area contributed by atoms with Crippen molar-refractivity contribution in [2.45, 2.75) is 25.7 Å². The van der Waals surface area contributed by atoms with Crippen LogP contribution in [0, 0.1) is 5.92 Å². The number of nitrogens with one attached hydrogen (secondary N) is 1. The predicted octanol–water partition coefficient (Wildman–Crippen LogP) is 3.82. The molecule has 1 N–H and O–H groups in total. The minimum absolute atomic E-state index is 0.0581. The van der Waals surface area contributed by atoms with Gasteiger partial charge in [0.1, 0.15) is 0 Å². The van der Waals surface area contributed by atoms with E-state index in [0.717, 1.165) is 37.0 Å². The highest BCUT2D eigenvalue weighted by Crippen LogP contribution is 2.22. The lowest BCUT2D eigenvalue weighted by Crippen LogP contribution is -2.39. The van der Waals surface area contributed by atoms with Gasteiger partial charge in [0.2, 0.25) is 0 Å². The molecule has 1 fully saturated rings. The first-order valence-corrected chi connectivity index (χ1v) is 9.77. The van der Waals surface area contributed by atoms with Crippen LogP contribution in [0.15, 0.2) is 47.8 Å². The fourth-order valence-electron chi connectivity index (χ4n) is 3.34. The molecule has 0 atom stereocenters. The largest absolute Gasteiger partial charge is 0.350 e. The molecular weight excluding hydrogens is 316 g/mol. The van der Waals surface area contributed by atoms with Crippen molar-refractivity contribution >= 4 is 17.2 Å². The van der Waals surface area contributed by atoms with Crippen molar-refractivity contribution in [1.29, 1.82) is 0 Å². The number of nitrogens with zero attached hydrogens (tertiary/aromatic N) is 1. The number of hydrogen-bond acceptors (Lipinski definition) is 3. The highest BCUT2D eigenvalue weighted by Gasteiger charge is 2.18. The van der Waals surface area contributed by atoms with Crippen LogP contribution < -0.4 is 5.32 Å². The average Bonchev–Trinajstić information content (AvgIpc) is 3.17. The Kier molecular flexibility index (Phi) is 6.44. The molecule has 0 saturated carbocycles. The van der Waals surface area contributed by atoms with E-state index in [2.05, 4.69) is 40.5 Å². The van der Waals surface area contributed by atoms with Gasteiger partial charge in [-0.2, -0.15) is 0 Å². The normalized spacial score (nSPS) is 16.2. The minimum Gasteiger partial charge on any atom is -0.350 e. The number of hydrogen-bond donors (Lipinski definition) is 1. The fraction of sp³-hybridized carbons (Fsp3) is 0.450. The number of aryl methyl sites for hydroxylation is 1. The molecular formula is C20H26N2OS. The Bertz CT molecular complexity index is 604. The first-order valence-electron chi connectivity index (χ1n) is 8.89. The van der Waals surface area contributed by atoms with Gasteiger partial charge in [0.05, 0.1) is 4.88 Å². The summed E-state index contributed by atoms with van der Waals surface area (Å²) in [5.74, 6) is 0.907. The third-order valence-corrected chi connectivity index (χ3v) is 5.72. The smallest absolute Gasteiger partial charge is 0.261 e. The van der Waals surface area contributed by atoms with Gasteiger partial charge < -0.3 is 10.2 Å². The lowest BCUT2D eigenvalue weighted by molar-refractivity contribution is 0.0947. The van der Waals surface area contributed by atoms with Gasteiger partial charge >= 0.3 is 0 Å². The summed E-state index contributed by atoms with van der Waals surface area (Å²) >= 11 is 1.50. The van der Waals surface area contributed by atoms with Gasteiger partial charge in [-0.1, -0.05) is 36.4 Å². The van der Waals surface area contributed by atoms with Crippen LogP contribution in [0.3, 0.4) is 0 Å². The molecule has 1 aromatic heterocycles. The summed E-state index contributed by atoms with van der Waals surface area (Å²) in [5.41, 5.74) is 1.45. The molecule has 0 unspecified atom stereocenters.